The zero-order chi connectivity index (χ0) is 14.2. The molecule has 2 unspecified atom stereocenters. The van der Waals surface area contributed by atoms with Crippen LogP contribution in [0.1, 0.15) is 37.7 Å². The summed E-state index contributed by atoms with van der Waals surface area (Å²) in [5.74, 6) is 0.296. The topological polar surface area (TPSA) is 55.1 Å². The Morgan fingerprint density at radius 2 is 2.00 bits per heavy atom. The van der Waals surface area contributed by atoms with Gasteiger partial charge in [0.05, 0.1) is 0 Å². The van der Waals surface area contributed by atoms with Gasteiger partial charge in [0.15, 0.2) is 0 Å². The lowest BCUT2D eigenvalue weighted by atomic mass is 9.95. The van der Waals surface area contributed by atoms with Gasteiger partial charge in [-0.2, -0.15) is 0 Å². The summed E-state index contributed by atoms with van der Waals surface area (Å²) < 4.78 is 0. The number of carbonyl (C=O) groups excluding carboxylic acids is 1. The van der Waals surface area contributed by atoms with Crippen LogP contribution in [0, 0.1) is 5.92 Å². The molecule has 2 aliphatic rings. The van der Waals surface area contributed by atoms with Gasteiger partial charge < -0.3 is 11.1 Å². The quantitative estimate of drug-likeness (QED) is 0.896. The van der Waals surface area contributed by atoms with E-state index in [0.29, 0.717) is 0 Å². The summed E-state index contributed by atoms with van der Waals surface area (Å²) in [5.41, 5.74) is 7.29. The maximum absolute atomic E-state index is 12.2. The van der Waals surface area contributed by atoms with E-state index in [1.807, 2.05) is 12.1 Å². The van der Waals surface area contributed by atoms with Gasteiger partial charge in [0.1, 0.15) is 0 Å². The maximum atomic E-state index is 12.2. The smallest absolute Gasteiger partial charge is 0.223 e. The van der Waals surface area contributed by atoms with Gasteiger partial charge in [-0.3, -0.25) is 4.79 Å². The molecule has 1 aromatic rings. The minimum atomic E-state index is 0.117. The molecule has 0 aliphatic heterocycles. The highest BCUT2D eigenvalue weighted by molar-refractivity contribution is 6.30. The third-order valence-corrected chi connectivity index (χ3v) is 5.01. The molecule has 1 aromatic carbocycles. The molecule has 0 radical (unpaired) electrons. The Morgan fingerprint density at radius 1 is 1.30 bits per heavy atom. The Balaban J connectivity index is 1.58. The summed E-state index contributed by atoms with van der Waals surface area (Å²) in [6, 6.07) is 8.21. The van der Waals surface area contributed by atoms with Crippen molar-refractivity contribution in [2.45, 2.75) is 43.6 Å². The van der Waals surface area contributed by atoms with E-state index in [1.165, 1.54) is 5.56 Å². The number of halogens is 1. The highest BCUT2D eigenvalue weighted by atomic mass is 35.5. The molecule has 1 amide bonds. The first kappa shape index (κ1) is 13.9. The molecule has 0 saturated heterocycles. The normalized spacial score (nSPS) is 27.3. The Kier molecular flexibility index (Phi) is 3.74. The third-order valence-electron chi connectivity index (χ3n) is 4.76. The molecule has 3 rings (SSSR count). The van der Waals surface area contributed by atoms with Gasteiger partial charge in [-0.1, -0.05) is 23.7 Å². The molecular formula is C16H21ClN2O. The van der Waals surface area contributed by atoms with Crippen molar-refractivity contribution >= 4 is 17.5 Å². The van der Waals surface area contributed by atoms with Crippen LogP contribution >= 0.6 is 11.6 Å². The van der Waals surface area contributed by atoms with Gasteiger partial charge >= 0.3 is 0 Å². The largest absolute Gasteiger partial charge is 0.355 e. The van der Waals surface area contributed by atoms with Crippen molar-refractivity contribution in [2.75, 3.05) is 6.54 Å². The summed E-state index contributed by atoms with van der Waals surface area (Å²) in [5, 5.41) is 3.89. The first-order chi connectivity index (χ1) is 9.59. The van der Waals surface area contributed by atoms with Gasteiger partial charge in [0.25, 0.3) is 0 Å². The number of nitrogens with one attached hydrogen (secondary N) is 1. The van der Waals surface area contributed by atoms with Crippen LogP contribution in [0.4, 0.5) is 0 Å². The number of hydrogen-bond acceptors (Lipinski definition) is 2. The monoisotopic (exact) mass is 292 g/mol. The van der Waals surface area contributed by atoms with Crippen LogP contribution in [-0.4, -0.2) is 18.5 Å². The standard InChI is InChI=1S/C16H21ClN2O/c17-13-4-2-12(3-5-13)16(7-8-16)10-19-15(20)11-1-6-14(18)9-11/h2-5,11,14H,1,6-10,18H2,(H,19,20). The van der Waals surface area contributed by atoms with Crippen molar-refractivity contribution in [3.63, 3.8) is 0 Å². The predicted octanol–water partition coefficient (Wildman–Crippen LogP) is 2.62. The second kappa shape index (κ2) is 5.38. The van der Waals surface area contributed by atoms with Crippen LogP contribution < -0.4 is 11.1 Å². The summed E-state index contributed by atoms with van der Waals surface area (Å²) in [4.78, 5) is 12.2. The Bertz CT molecular complexity index is 496. The molecule has 2 fully saturated rings. The molecule has 2 atom stereocenters. The molecule has 0 spiro atoms. The van der Waals surface area contributed by atoms with Crippen LogP contribution in [-0.2, 0) is 10.2 Å². The van der Waals surface area contributed by atoms with Crippen molar-refractivity contribution in [2.24, 2.45) is 11.7 Å². The fraction of sp³-hybridized carbons (Fsp3) is 0.562. The molecule has 0 bridgehead atoms. The van der Waals surface area contributed by atoms with Gasteiger partial charge in [0.2, 0.25) is 5.91 Å². The van der Waals surface area contributed by atoms with Crippen molar-refractivity contribution in [3.05, 3.63) is 34.9 Å². The average Bonchev–Trinajstić information content (AvgIpc) is 3.11. The van der Waals surface area contributed by atoms with Gasteiger partial charge in [-0.15, -0.1) is 0 Å². The fourth-order valence-corrected chi connectivity index (χ4v) is 3.30. The number of benzene rings is 1. The van der Waals surface area contributed by atoms with E-state index in [1.54, 1.807) is 0 Å². The van der Waals surface area contributed by atoms with E-state index in [9.17, 15) is 4.79 Å². The number of rotatable bonds is 4. The van der Waals surface area contributed by atoms with Crippen LogP contribution in [0.25, 0.3) is 0 Å². The summed E-state index contributed by atoms with van der Waals surface area (Å²) in [6.07, 6.45) is 5.01. The number of nitrogens with two attached hydrogens (primary N) is 1. The van der Waals surface area contributed by atoms with Crippen molar-refractivity contribution in [1.29, 1.82) is 0 Å². The molecule has 108 valence electrons. The highest BCUT2D eigenvalue weighted by Crippen LogP contribution is 2.47. The molecular weight excluding hydrogens is 272 g/mol. The van der Waals surface area contributed by atoms with E-state index in [4.69, 9.17) is 17.3 Å². The lowest BCUT2D eigenvalue weighted by Gasteiger charge is -2.18. The molecule has 0 heterocycles. The third kappa shape index (κ3) is 2.84. The van der Waals surface area contributed by atoms with Gasteiger partial charge in [0, 0.05) is 28.9 Å². The van der Waals surface area contributed by atoms with E-state index in [0.717, 1.165) is 43.7 Å². The van der Waals surface area contributed by atoms with Crippen molar-refractivity contribution in [3.8, 4) is 0 Å². The highest BCUT2D eigenvalue weighted by Gasteiger charge is 2.44. The summed E-state index contributed by atoms with van der Waals surface area (Å²) in [7, 11) is 0. The van der Waals surface area contributed by atoms with Crippen molar-refractivity contribution < 1.29 is 4.79 Å². The molecule has 4 heteroatoms. The van der Waals surface area contributed by atoms with E-state index in [2.05, 4.69) is 17.4 Å². The van der Waals surface area contributed by atoms with E-state index >= 15 is 0 Å². The Hall–Kier alpha value is -1.06. The van der Waals surface area contributed by atoms with Gasteiger partial charge in [-0.05, 0) is 49.8 Å². The minimum Gasteiger partial charge on any atom is -0.355 e. The predicted molar refractivity (Wildman–Crippen MR) is 80.7 cm³/mol. The zero-order valence-corrected chi connectivity index (χ0v) is 12.3. The van der Waals surface area contributed by atoms with Crippen LogP contribution in [0.5, 0.6) is 0 Å². The number of hydrogen-bond donors (Lipinski definition) is 2. The van der Waals surface area contributed by atoms with Crippen LogP contribution in [0.15, 0.2) is 24.3 Å². The lowest BCUT2D eigenvalue weighted by Crippen LogP contribution is -2.36. The molecule has 3 nitrogen and oxygen atoms in total. The molecule has 2 saturated carbocycles. The summed E-state index contributed by atoms with van der Waals surface area (Å²) >= 11 is 5.93. The Morgan fingerprint density at radius 3 is 2.55 bits per heavy atom. The number of carbonyl (C=O) groups is 1. The number of amides is 1. The zero-order valence-electron chi connectivity index (χ0n) is 11.6. The van der Waals surface area contributed by atoms with E-state index < -0.39 is 0 Å². The van der Waals surface area contributed by atoms with Gasteiger partial charge in [-0.25, -0.2) is 0 Å². The average molecular weight is 293 g/mol. The maximum Gasteiger partial charge on any atom is 0.223 e. The summed E-state index contributed by atoms with van der Waals surface area (Å²) in [6.45, 7) is 0.735. The first-order valence-electron chi connectivity index (χ1n) is 7.38. The Labute approximate surface area is 124 Å². The molecule has 20 heavy (non-hydrogen) atoms. The molecule has 0 aromatic heterocycles. The second-order valence-electron chi connectivity index (χ2n) is 6.28. The second-order valence-corrected chi connectivity index (χ2v) is 6.71. The van der Waals surface area contributed by atoms with Crippen molar-refractivity contribution in [1.82, 2.24) is 5.32 Å². The molecule has 2 aliphatic carbocycles. The van der Waals surface area contributed by atoms with Crippen LogP contribution in [0.2, 0.25) is 5.02 Å². The van der Waals surface area contributed by atoms with E-state index in [-0.39, 0.29) is 23.3 Å². The fourth-order valence-electron chi connectivity index (χ4n) is 3.18. The lowest BCUT2D eigenvalue weighted by molar-refractivity contribution is -0.124. The SMILES string of the molecule is NC1CCC(C(=O)NCC2(c3ccc(Cl)cc3)CC2)C1. The van der Waals surface area contributed by atoms with Crippen LogP contribution in [0.3, 0.4) is 0 Å². The minimum absolute atomic E-state index is 0.117. The first-order valence-corrected chi connectivity index (χ1v) is 7.76. The molecule has 3 N–H and O–H groups in total.